The largest absolute Gasteiger partial charge is 0.458 e. The first-order valence-electron chi connectivity index (χ1n) is 14.4. The third kappa shape index (κ3) is 3.80. The van der Waals surface area contributed by atoms with Crippen molar-refractivity contribution in [3.05, 3.63) is 11.6 Å². The molecule has 0 amide bonds. The number of hydrogen-bond donors (Lipinski definition) is 4. The average Bonchev–Trinajstić information content (AvgIpc) is 3.41. The Hall–Kier alpha value is -1.03. The summed E-state index contributed by atoms with van der Waals surface area (Å²) in [5, 5.41) is 43.0. The monoisotopic (exact) mass is 520 g/mol. The highest BCUT2D eigenvalue weighted by Crippen LogP contribution is 2.70. The topological polar surface area (TPSA) is 126 Å². The number of aliphatic hydroxyl groups is 4. The number of carbonyl (C=O) groups is 1. The molecule has 8 heteroatoms. The highest BCUT2D eigenvalue weighted by Gasteiger charge is 2.67. The van der Waals surface area contributed by atoms with Gasteiger partial charge in [0.2, 0.25) is 0 Å². The lowest BCUT2D eigenvalue weighted by Gasteiger charge is -2.64. The van der Waals surface area contributed by atoms with Crippen LogP contribution in [-0.2, 0) is 19.0 Å². The molecule has 0 unspecified atom stereocenters. The molecule has 6 rings (SSSR count). The van der Waals surface area contributed by atoms with Gasteiger partial charge in [0.15, 0.2) is 6.29 Å². The summed E-state index contributed by atoms with van der Waals surface area (Å²) in [6.45, 7) is 6.73. The number of hydrogen-bond acceptors (Lipinski definition) is 8. The first-order valence-corrected chi connectivity index (χ1v) is 14.4. The number of esters is 1. The molecule has 0 bridgehead atoms. The van der Waals surface area contributed by atoms with Gasteiger partial charge in [-0.05, 0) is 99.4 Å². The fourth-order valence-corrected chi connectivity index (χ4v) is 9.81. The first kappa shape index (κ1) is 26.2. The van der Waals surface area contributed by atoms with Crippen molar-refractivity contribution in [1.29, 1.82) is 0 Å². The number of fused-ring (bicyclic) bond motifs is 5. The van der Waals surface area contributed by atoms with Crippen LogP contribution >= 0.6 is 0 Å². The van der Waals surface area contributed by atoms with Gasteiger partial charge < -0.3 is 34.6 Å². The number of ether oxygens (including phenoxy) is 3. The Kier molecular flexibility index (Phi) is 6.37. The van der Waals surface area contributed by atoms with Gasteiger partial charge in [-0.15, -0.1) is 0 Å². The van der Waals surface area contributed by atoms with Gasteiger partial charge in [0.1, 0.15) is 24.9 Å². The maximum atomic E-state index is 12.4. The molecular formula is C29H44O8. The van der Waals surface area contributed by atoms with E-state index in [4.69, 9.17) is 14.2 Å². The van der Waals surface area contributed by atoms with Gasteiger partial charge in [0.05, 0.1) is 17.8 Å². The quantitative estimate of drug-likeness (QED) is 0.330. The lowest BCUT2D eigenvalue weighted by molar-refractivity contribution is -0.310. The van der Waals surface area contributed by atoms with Crippen LogP contribution in [0.4, 0.5) is 0 Å². The lowest BCUT2D eigenvalue weighted by Crippen LogP contribution is -2.62. The third-order valence-corrected chi connectivity index (χ3v) is 12.1. The minimum Gasteiger partial charge on any atom is -0.458 e. The fourth-order valence-electron chi connectivity index (χ4n) is 9.81. The van der Waals surface area contributed by atoms with Crippen LogP contribution in [0, 0.1) is 34.5 Å². The van der Waals surface area contributed by atoms with Crippen LogP contribution in [-0.4, -0.2) is 75.4 Å². The van der Waals surface area contributed by atoms with Crippen LogP contribution in [0.15, 0.2) is 11.6 Å². The van der Waals surface area contributed by atoms with Gasteiger partial charge in [-0.25, -0.2) is 4.79 Å². The van der Waals surface area contributed by atoms with E-state index >= 15 is 0 Å². The highest BCUT2D eigenvalue weighted by molar-refractivity contribution is 5.85. The van der Waals surface area contributed by atoms with Gasteiger partial charge in [-0.2, -0.15) is 0 Å². The number of aliphatic hydroxyl groups excluding tert-OH is 3. The number of carbonyl (C=O) groups excluding carboxylic acids is 1. The summed E-state index contributed by atoms with van der Waals surface area (Å²) in [6, 6.07) is 0. The second-order valence-corrected chi connectivity index (χ2v) is 13.5. The SMILES string of the molecule is C[C@H]1O[C@@H](O[C@H]2CC[C@@]3(C)[C@H](CC[C@@H]4[C@@H]3CC[C@]3(C)[C@@H](C5=CC(=O)OC5)CC[C@]43O)C2)[C@H](O)[C@@H](O)[C@H]1O. The smallest absolute Gasteiger partial charge is 0.331 e. The minimum atomic E-state index is -1.28. The van der Waals surface area contributed by atoms with Crippen LogP contribution < -0.4 is 0 Å². The molecule has 4 saturated carbocycles. The van der Waals surface area contributed by atoms with Crippen LogP contribution in [0.25, 0.3) is 0 Å². The Labute approximate surface area is 219 Å². The maximum Gasteiger partial charge on any atom is 0.331 e. The van der Waals surface area contributed by atoms with Crippen LogP contribution in [0.3, 0.4) is 0 Å². The van der Waals surface area contributed by atoms with E-state index in [1.54, 1.807) is 13.0 Å². The number of rotatable bonds is 3. The van der Waals surface area contributed by atoms with Gasteiger partial charge >= 0.3 is 5.97 Å². The standard InChI is InChI=1S/C29H44O8/c1-15-23(31)24(32)25(33)26(36-15)37-18-6-9-27(2)17(13-18)4-5-21-20(27)7-10-28(3)19(8-11-29(21,28)34)16-12-22(30)35-14-16/h12,15,17-21,23-26,31-34H,4-11,13-14H2,1-3H3/t15-,17-,18+,19-,20+,21-,23+,24+,25-,26+,27+,28-,29+/m1/s1. The summed E-state index contributed by atoms with van der Waals surface area (Å²) in [6.07, 6.45) is 4.88. The van der Waals surface area contributed by atoms with Crippen LogP contribution in [0.2, 0.25) is 0 Å². The Morgan fingerprint density at radius 2 is 1.73 bits per heavy atom. The van der Waals surface area contributed by atoms with E-state index in [1.807, 2.05) is 0 Å². The number of cyclic esters (lactones) is 1. The molecule has 37 heavy (non-hydrogen) atoms. The van der Waals surface area contributed by atoms with E-state index in [2.05, 4.69) is 13.8 Å². The molecule has 8 nitrogen and oxygen atoms in total. The molecule has 2 heterocycles. The first-order chi connectivity index (χ1) is 17.5. The van der Waals surface area contributed by atoms with Gasteiger partial charge in [-0.3, -0.25) is 0 Å². The Morgan fingerprint density at radius 1 is 0.946 bits per heavy atom. The third-order valence-electron chi connectivity index (χ3n) is 12.1. The molecule has 2 aliphatic heterocycles. The van der Waals surface area contributed by atoms with E-state index in [1.165, 1.54) is 0 Å². The molecule has 5 fully saturated rings. The molecule has 4 N–H and O–H groups in total. The molecule has 0 aromatic rings. The van der Waals surface area contributed by atoms with Crippen molar-refractivity contribution < 1.29 is 39.4 Å². The zero-order chi connectivity index (χ0) is 26.3. The van der Waals surface area contributed by atoms with Crippen molar-refractivity contribution in [3.63, 3.8) is 0 Å². The summed E-state index contributed by atoms with van der Waals surface area (Å²) in [4.78, 5) is 11.8. The molecule has 0 aromatic heterocycles. The highest BCUT2D eigenvalue weighted by atomic mass is 16.7. The van der Waals surface area contributed by atoms with Gasteiger partial charge in [0.25, 0.3) is 0 Å². The Morgan fingerprint density at radius 3 is 2.46 bits per heavy atom. The maximum absolute atomic E-state index is 12.4. The molecular weight excluding hydrogens is 476 g/mol. The Bertz CT molecular complexity index is 952. The normalized spacial score (nSPS) is 55.6. The summed E-state index contributed by atoms with van der Waals surface area (Å²) in [7, 11) is 0. The predicted octanol–water partition coefficient (Wildman–Crippen LogP) is 2.46. The molecule has 0 radical (unpaired) electrons. The molecule has 0 spiro atoms. The van der Waals surface area contributed by atoms with Crippen molar-refractivity contribution >= 4 is 5.97 Å². The van der Waals surface area contributed by atoms with Crippen molar-refractivity contribution in [1.82, 2.24) is 0 Å². The second kappa shape index (κ2) is 9.00. The zero-order valence-corrected chi connectivity index (χ0v) is 22.3. The summed E-state index contributed by atoms with van der Waals surface area (Å²) in [5.74, 6) is 1.14. The molecule has 208 valence electrons. The summed E-state index contributed by atoms with van der Waals surface area (Å²) in [5.41, 5.74) is 0.243. The van der Waals surface area contributed by atoms with E-state index < -0.39 is 36.3 Å². The predicted molar refractivity (Wildman–Crippen MR) is 133 cm³/mol. The van der Waals surface area contributed by atoms with Crippen LogP contribution in [0.1, 0.15) is 78.6 Å². The average molecular weight is 521 g/mol. The van der Waals surface area contributed by atoms with Crippen LogP contribution in [0.5, 0.6) is 0 Å². The van der Waals surface area contributed by atoms with E-state index in [9.17, 15) is 25.2 Å². The second-order valence-electron chi connectivity index (χ2n) is 13.5. The molecule has 1 saturated heterocycles. The lowest BCUT2D eigenvalue weighted by atomic mass is 9.43. The van der Waals surface area contributed by atoms with Crippen molar-refractivity contribution in [2.24, 2.45) is 34.5 Å². The van der Waals surface area contributed by atoms with E-state index in [0.29, 0.717) is 18.4 Å². The molecule has 13 atom stereocenters. The summed E-state index contributed by atoms with van der Waals surface area (Å²) >= 11 is 0. The molecule has 4 aliphatic carbocycles. The van der Waals surface area contributed by atoms with E-state index in [0.717, 1.165) is 63.4 Å². The van der Waals surface area contributed by atoms with Crippen molar-refractivity contribution in [2.75, 3.05) is 6.61 Å². The fraction of sp³-hybridized carbons (Fsp3) is 0.897. The molecule has 6 aliphatic rings. The van der Waals surface area contributed by atoms with Gasteiger partial charge in [0, 0.05) is 11.5 Å². The van der Waals surface area contributed by atoms with Gasteiger partial charge in [-0.1, -0.05) is 13.8 Å². The van der Waals surface area contributed by atoms with Crippen molar-refractivity contribution in [2.45, 2.75) is 121 Å². The minimum absolute atomic E-state index is 0.0661. The Balaban J connectivity index is 1.16. The summed E-state index contributed by atoms with van der Waals surface area (Å²) < 4.78 is 17.2. The zero-order valence-electron chi connectivity index (χ0n) is 22.3. The van der Waals surface area contributed by atoms with Crippen molar-refractivity contribution in [3.8, 4) is 0 Å². The molecule has 0 aromatic carbocycles. The van der Waals surface area contributed by atoms with E-state index in [-0.39, 0.29) is 34.7 Å².